The van der Waals surface area contributed by atoms with Crippen molar-refractivity contribution >= 4 is 22.8 Å². The Kier molecular flexibility index (Phi) is 7.97. The smallest absolute Gasteiger partial charge is 0.326 e. The summed E-state index contributed by atoms with van der Waals surface area (Å²) in [4.78, 5) is 28.3. The van der Waals surface area contributed by atoms with Gasteiger partial charge in [-0.3, -0.25) is 4.79 Å². The standard InChI is InChI=1S/C35H50N2O5/c1-20(8-11-32(40)37-30(33(41)42)16-21-19-36-29-7-5-4-6-23(21)29)25-9-10-26-24-18-31(39)28-17-22(38)12-14-35(28,3)27(24)13-15-34(25,26)2/h4-7,19-20,22,24-28,30-31,36,38-39H,8-18H2,1-3H3,(H,37,40)(H,41,42). The number of aliphatic hydroxyl groups is 2. The number of hydrogen-bond donors (Lipinski definition) is 5. The maximum Gasteiger partial charge on any atom is 0.326 e. The highest BCUT2D eigenvalue weighted by atomic mass is 16.4. The van der Waals surface area contributed by atoms with Crippen molar-refractivity contribution in [2.75, 3.05) is 0 Å². The molecule has 1 aromatic heterocycles. The van der Waals surface area contributed by atoms with E-state index >= 15 is 0 Å². The topological polar surface area (TPSA) is 123 Å². The van der Waals surface area contributed by atoms with Gasteiger partial charge in [-0.2, -0.15) is 0 Å². The molecule has 4 fully saturated rings. The number of aliphatic hydroxyl groups excluding tert-OH is 2. The molecule has 5 N–H and O–H groups in total. The Bertz CT molecular complexity index is 1310. The lowest BCUT2D eigenvalue weighted by atomic mass is 9.44. The van der Waals surface area contributed by atoms with Crippen molar-refractivity contribution in [3.63, 3.8) is 0 Å². The van der Waals surface area contributed by atoms with Crippen LogP contribution in [0.15, 0.2) is 30.5 Å². The maximum atomic E-state index is 13.0. The second kappa shape index (κ2) is 11.3. The fourth-order valence-electron chi connectivity index (χ4n) is 10.8. The van der Waals surface area contributed by atoms with E-state index in [0.29, 0.717) is 36.0 Å². The van der Waals surface area contributed by atoms with E-state index in [1.807, 2.05) is 30.5 Å². The van der Waals surface area contributed by atoms with E-state index in [1.54, 1.807) is 0 Å². The van der Waals surface area contributed by atoms with Gasteiger partial charge >= 0.3 is 5.97 Å². The lowest BCUT2D eigenvalue weighted by molar-refractivity contribution is -0.172. The lowest BCUT2D eigenvalue weighted by Gasteiger charge is -2.62. The highest BCUT2D eigenvalue weighted by Crippen LogP contribution is 2.68. The molecule has 7 heteroatoms. The van der Waals surface area contributed by atoms with Crippen LogP contribution in [-0.2, 0) is 16.0 Å². The number of benzene rings is 1. The van der Waals surface area contributed by atoms with Gasteiger partial charge in [0.1, 0.15) is 6.04 Å². The zero-order valence-electron chi connectivity index (χ0n) is 25.5. The molecule has 42 heavy (non-hydrogen) atoms. The van der Waals surface area contributed by atoms with Crippen LogP contribution in [0.5, 0.6) is 0 Å². The molecule has 1 aromatic carbocycles. The number of aliphatic carboxylic acids is 1. The molecule has 7 nitrogen and oxygen atoms in total. The Morgan fingerprint density at radius 3 is 2.52 bits per heavy atom. The molecule has 0 spiro atoms. The van der Waals surface area contributed by atoms with E-state index in [9.17, 15) is 24.9 Å². The van der Waals surface area contributed by atoms with E-state index in [4.69, 9.17) is 0 Å². The third kappa shape index (κ3) is 5.08. The Morgan fingerprint density at radius 1 is 1.00 bits per heavy atom. The molecule has 0 aliphatic heterocycles. The number of aromatic nitrogens is 1. The normalized spacial score (nSPS) is 39.1. The summed E-state index contributed by atoms with van der Waals surface area (Å²) < 4.78 is 0. The number of carboxylic acids is 1. The van der Waals surface area contributed by atoms with Crippen LogP contribution in [0, 0.1) is 46.3 Å². The summed E-state index contributed by atoms with van der Waals surface area (Å²) in [5.41, 5.74) is 2.19. The van der Waals surface area contributed by atoms with Gasteiger partial charge < -0.3 is 25.6 Å². The van der Waals surface area contributed by atoms with Crippen molar-refractivity contribution in [3.8, 4) is 0 Å². The van der Waals surface area contributed by atoms with Crippen LogP contribution in [0.3, 0.4) is 0 Å². The molecule has 11 unspecified atom stereocenters. The van der Waals surface area contributed by atoms with Gasteiger partial charge in [-0.05, 0) is 116 Å². The summed E-state index contributed by atoms with van der Waals surface area (Å²) in [6.07, 6.45) is 10.8. The van der Waals surface area contributed by atoms with E-state index in [1.165, 1.54) is 25.7 Å². The maximum absolute atomic E-state index is 13.0. The van der Waals surface area contributed by atoms with Gasteiger partial charge in [-0.25, -0.2) is 4.79 Å². The largest absolute Gasteiger partial charge is 0.480 e. The molecule has 0 bridgehead atoms. The van der Waals surface area contributed by atoms with Crippen molar-refractivity contribution in [3.05, 3.63) is 36.0 Å². The molecule has 1 heterocycles. The highest BCUT2D eigenvalue weighted by molar-refractivity contribution is 5.86. The van der Waals surface area contributed by atoms with Gasteiger partial charge in [-0.15, -0.1) is 0 Å². The van der Waals surface area contributed by atoms with Crippen molar-refractivity contribution in [1.29, 1.82) is 0 Å². The summed E-state index contributed by atoms with van der Waals surface area (Å²) in [6, 6.07) is 6.85. The third-order valence-corrected chi connectivity index (χ3v) is 13.0. The zero-order chi connectivity index (χ0) is 29.8. The average Bonchev–Trinajstić information content (AvgIpc) is 3.53. The Labute approximate surface area is 249 Å². The molecule has 4 aliphatic carbocycles. The van der Waals surface area contributed by atoms with Gasteiger partial charge in [0.25, 0.3) is 0 Å². The Balaban J connectivity index is 1.07. The first kappa shape index (κ1) is 29.7. The molecular formula is C35H50N2O5. The van der Waals surface area contributed by atoms with Crippen molar-refractivity contribution in [1.82, 2.24) is 10.3 Å². The van der Waals surface area contributed by atoms with Crippen LogP contribution in [-0.4, -0.2) is 50.4 Å². The number of amides is 1. The molecule has 4 aliphatic rings. The number of carbonyl (C=O) groups excluding carboxylic acids is 1. The molecular weight excluding hydrogens is 528 g/mol. The first-order valence-corrected chi connectivity index (χ1v) is 16.4. The van der Waals surface area contributed by atoms with Crippen LogP contribution in [0.1, 0.15) is 90.5 Å². The van der Waals surface area contributed by atoms with Crippen LogP contribution < -0.4 is 5.32 Å². The van der Waals surface area contributed by atoms with Gasteiger partial charge in [-0.1, -0.05) is 39.0 Å². The van der Waals surface area contributed by atoms with Gasteiger partial charge in [0.2, 0.25) is 5.91 Å². The van der Waals surface area contributed by atoms with Gasteiger partial charge in [0.15, 0.2) is 0 Å². The lowest BCUT2D eigenvalue weighted by Crippen LogP contribution is -2.58. The van der Waals surface area contributed by atoms with E-state index in [0.717, 1.165) is 48.6 Å². The molecule has 4 saturated carbocycles. The summed E-state index contributed by atoms with van der Waals surface area (Å²) in [7, 11) is 0. The fourth-order valence-corrected chi connectivity index (χ4v) is 10.8. The van der Waals surface area contributed by atoms with Crippen LogP contribution in [0.2, 0.25) is 0 Å². The Morgan fingerprint density at radius 2 is 1.74 bits per heavy atom. The van der Waals surface area contributed by atoms with Crippen molar-refractivity contribution in [2.45, 2.75) is 110 Å². The van der Waals surface area contributed by atoms with Crippen molar-refractivity contribution in [2.24, 2.45) is 46.3 Å². The number of para-hydroxylation sites is 1. The second-order valence-electron chi connectivity index (χ2n) is 15.0. The highest BCUT2D eigenvalue weighted by Gasteiger charge is 2.62. The number of nitrogens with one attached hydrogen (secondary N) is 2. The first-order chi connectivity index (χ1) is 20.0. The zero-order valence-corrected chi connectivity index (χ0v) is 25.5. The quantitative estimate of drug-likeness (QED) is 0.276. The van der Waals surface area contributed by atoms with Crippen LogP contribution in [0.4, 0.5) is 0 Å². The predicted molar refractivity (Wildman–Crippen MR) is 163 cm³/mol. The second-order valence-corrected chi connectivity index (χ2v) is 15.0. The minimum absolute atomic E-state index is 0.123. The van der Waals surface area contributed by atoms with Gasteiger partial charge in [0, 0.05) is 29.9 Å². The monoisotopic (exact) mass is 578 g/mol. The summed E-state index contributed by atoms with van der Waals surface area (Å²) in [6.45, 7) is 7.17. The Hall–Kier alpha value is -2.38. The predicted octanol–water partition coefficient (Wildman–Crippen LogP) is 5.69. The number of rotatable bonds is 8. The molecule has 6 rings (SSSR count). The van der Waals surface area contributed by atoms with Crippen LogP contribution in [0.25, 0.3) is 10.9 Å². The molecule has 1 amide bonds. The summed E-state index contributed by atoms with van der Waals surface area (Å²) in [5.74, 6) is 1.69. The first-order valence-electron chi connectivity index (χ1n) is 16.4. The number of H-pyrrole nitrogens is 1. The minimum atomic E-state index is -1.01. The van der Waals surface area contributed by atoms with E-state index in [-0.39, 0.29) is 41.3 Å². The average molecular weight is 579 g/mol. The summed E-state index contributed by atoms with van der Waals surface area (Å²) in [5, 5.41) is 35.3. The molecule has 11 atom stereocenters. The number of hydrogen-bond acceptors (Lipinski definition) is 4. The SMILES string of the molecule is CC(CCC(=O)NC(Cc1c[nH]c2ccccc12)C(=O)O)C1CCC2C3CC(O)C4CC(O)CCC4(C)C3CCC12C. The number of carbonyl (C=O) groups is 2. The molecule has 2 aromatic rings. The fraction of sp³-hybridized carbons (Fsp3) is 0.714. The molecule has 0 saturated heterocycles. The van der Waals surface area contributed by atoms with Gasteiger partial charge in [0.05, 0.1) is 12.2 Å². The van der Waals surface area contributed by atoms with E-state index < -0.39 is 12.0 Å². The molecule has 230 valence electrons. The number of carboxylic acid groups (broad SMARTS) is 1. The van der Waals surface area contributed by atoms with Crippen molar-refractivity contribution < 1.29 is 24.9 Å². The number of aromatic amines is 1. The van der Waals surface area contributed by atoms with Crippen LogP contribution >= 0.6 is 0 Å². The summed E-state index contributed by atoms with van der Waals surface area (Å²) >= 11 is 0. The minimum Gasteiger partial charge on any atom is -0.480 e. The molecule has 0 radical (unpaired) electrons. The number of fused-ring (bicyclic) bond motifs is 6. The van der Waals surface area contributed by atoms with E-state index in [2.05, 4.69) is 31.1 Å². The third-order valence-electron chi connectivity index (χ3n) is 13.0.